The van der Waals surface area contributed by atoms with Crippen LogP contribution in [0.2, 0.25) is 0 Å². The lowest BCUT2D eigenvalue weighted by Crippen LogP contribution is -2.14. The molecule has 1 aromatic carbocycles. The van der Waals surface area contributed by atoms with Crippen LogP contribution < -0.4 is 0 Å². The zero-order chi connectivity index (χ0) is 12.1. The van der Waals surface area contributed by atoms with Crippen molar-refractivity contribution in [1.29, 1.82) is 0 Å². The fourth-order valence-electron chi connectivity index (χ4n) is 1.87. The molecule has 0 saturated heterocycles. The Morgan fingerprint density at radius 2 is 2.00 bits per heavy atom. The summed E-state index contributed by atoms with van der Waals surface area (Å²) in [4.78, 5) is 16.0. The molecule has 1 unspecified atom stereocenters. The van der Waals surface area contributed by atoms with Crippen LogP contribution in [0.3, 0.4) is 0 Å². The Morgan fingerprint density at radius 1 is 1.24 bits per heavy atom. The van der Waals surface area contributed by atoms with Gasteiger partial charge in [-0.1, -0.05) is 44.4 Å². The van der Waals surface area contributed by atoms with Gasteiger partial charge in [-0.2, -0.15) is 0 Å². The van der Waals surface area contributed by atoms with Gasteiger partial charge in [0.15, 0.2) is 6.04 Å². The molecule has 1 aromatic rings. The number of carbonyl (C=O) groups is 1. The lowest BCUT2D eigenvalue weighted by molar-refractivity contribution is -0.135. The van der Waals surface area contributed by atoms with E-state index in [1.807, 2.05) is 30.3 Å². The number of hydrogen-bond donors (Lipinski definition) is 0. The molecule has 1 aliphatic heterocycles. The van der Waals surface area contributed by atoms with Gasteiger partial charge >= 0.3 is 5.97 Å². The highest BCUT2D eigenvalue weighted by Crippen LogP contribution is 2.17. The number of nitrogens with zero attached hydrogens (tertiary/aromatic N) is 1. The van der Waals surface area contributed by atoms with Gasteiger partial charge in [-0.25, -0.2) is 9.79 Å². The molecule has 3 nitrogen and oxygen atoms in total. The minimum Gasteiger partial charge on any atom is -0.406 e. The SMILES string of the molecule is CCCCCC1N=C(c2ccccc2)OC1=O. The molecule has 90 valence electrons. The predicted molar refractivity (Wildman–Crippen MR) is 67.0 cm³/mol. The topological polar surface area (TPSA) is 38.7 Å². The second-order valence-electron chi connectivity index (χ2n) is 4.23. The Bertz CT molecular complexity index is 411. The first-order valence-electron chi connectivity index (χ1n) is 6.16. The van der Waals surface area contributed by atoms with Gasteiger partial charge in [0, 0.05) is 5.56 Å². The van der Waals surface area contributed by atoms with Gasteiger partial charge in [-0.15, -0.1) is 0 Å². The molecule has 1 aliphatic rings. The highest BCUT2D eigenvalue weighted by atomic mass is 16.6. The van der Waals surface area contributed by atoms with Crippen molar-refractivity contribution in [3.8, 4) is 0 Å². The average Bonchev–Trinajstić information content (AvgIpc) is 2.73. The van der Waals surface area contributed by atoms with Crippen molar-refractivity contribution in [3.63, 3.8) is 0 Å². The molecule has 0 N–H and O–H groups in total. The number of rotatable bonds is 5. The summed E-state index contributed by atoms with van der Waals surface area (Å²) in [7, 11) is 0. The highest BCUT2D eigenvalue weighted by Gasteiger charge is 2.28. The van der Waals surface area contributed by atoms with Gasteiger partial charge in [0.1, 0.15) is 0 Å². The first kappa shape index (κ1) is 11.8. The minimum absolute atomic E-state index is 0.208. The van der Waals surface area contributed by atoms with Gasteiger partial charge < -0.3 is 4.74 Å². The molecule has 3 heteroatoms. The number of hydrogen-bond acceptors (Lipinski definition) is 3. The smallest absolute Gasteiger partial charge is 0.337 e. The Balaban J connectivity index is 2.01. The molecular formula is C14H17NO2. The fourth-order valence-corrected chi connectivity index (χ4v) is 1.87. The first-order chi connectivity index (χ1) is 8.31. The van der Waals surface area contributed by atoms with E-state index in [4.69, 9.17) is 4.74 Å². The van der Waals surface area contributed by atoms with Crippen LogP contribution in [0.25, 0.3) is 0 Å². The number of benzene rings is 1. The van der Waals surface area contributed by atoms with E-state index in [-0.39, 0.29) is 12.0 Å². The van der Waals surface area contributed by atoms with Gasteiger partial charge in [-0.3, -0.25) is 0 Å². The third kappa shape index (κ3) is 2.93. The molecule has 1 heterocycles. The van der Waals surface area contributed by atoms with Crippen LogP contribution in [-0.2, 0) is 9.53 Å². The van der Waals surface area contributed by atoms with Crippen LogP contribution in [0.4, 0.5) is 0 Å². The standard InChI is InChI=1S/C14H17NO2/c1-2-3-5-10-12-14(16)17-13(15-12)11-8-6-4-7-9-11/h4,6-9,12H,2-3,5,10H2,1H3. The second kappa shape index (κ2) is 5.62. The highest BCUT2D eigenvalue weighted by molar-refractivity contribution is 6.06. The Hall–Kier alpha value is -1.64. The molecule has 0 bridgehead atoms. The Labute approximate surface area is 102 Å². The average molecular weight is 231 g/mol. The van der Waals surface area contributed by atoms with Crippen molar-refractivity contribution in [2.45, 2.75) is 38.6 Å². The van der Waals surface area contributed by atoms with Crippen molar-refractivity contribution in [3.05, 3.63) is 35.9 Å². The monoisotopic (exact) mass is 231 g/mol. The zero-order valence-electron chi connectivity index (χ0n) is 10.1. The van der Waals surface area contributed by atoms with Crippen LogP contribution in [0, 0.1) is 0 Å². The molecule has 0 radical (unpaired) electrons. The number of cyclic esters (lactones) is 1. The van der Waals surface area contributed by atoms with E-state index >= 15 is 0 Å². The van der Waals surface area contributed by atoms with Crippen molar-refractivity contribution in [1.82, 2.24) is 0 Å². The lowest BCUT2D eigenvalue weighted by Gasteiger charge is -2.01. The summed E-state index contributed by atoms with van der Waals surface area (Å²) in [6.45, 7) is 2.14. The van der Waals surface area contributed by atoms with E-state index in [9.17, 15) is 4.79 Å². The van der Waals surface area contributed by atoms with Crippen LogP contribution in [0.15, 0.2) is 35.3 Å². The number of esters is 1. The molecule has 0 spiro atoms. The minimum atomic E-state index is -0.295. The van der Waals surface area contributed by atoms with Crippen molar-refractivity contribution < 1.29 is 9.53 Å². The summed E-state index contributed by atoms with van der Waals surface area (Å²) in [5, 5.41) is 0. The van der Waals surface area contributed by atoms with Crippen LogP contribution in [0.5, 0.6) is 0 Å². The fraction of sp³-hybridized carbons (Fsp3) is 0.429. The summed E-state index contributed by atoms with van der Waals surface area (Å²) < 4.78 is 5.20. The van der Waals surface area contributed by atoms with E-state index in [0.29, 0.717) is 5.90 Å². The quantitative estimate of drug-likeness (QED) is 0.577. The number of unbranched alkanes of at least 4 members (excludes halogenated alkanes) is 2. The van der Waals surface area contributed by atoms with Gasteiger partial charge in [0.05, 0.1) is 0 Å². The second-order valence-corrected chi connectivity index (χ2v) is 4.23. The predicted octanol–water partition coefficient (Wildman–Crippen LogP) is 2.94. The first-order valence-corrected chi connectivity index (χ1v) is 6.16. The van der Waals surface area contributed by atoms with E-state index in [1.54, 1.807) is 0 Å². The largest absolute Gasteiger partial charge is 0.406 e. The zero-order valence-corrected chi connectivity index (χ0v) is 10.1. The van der Waals surface area contributed by atoms with E-state index in [2.05, 4.69) is 11.9 Å². The number of carbonyl (C=O) groups excluding carboxylic acids is 1. The molecule has 0 aliphatic carbocycles. The summed E-state index contributed by atoms with van der Waals surface area (Å²) in [6, 6.07) is 9.27. The lowest BCUT2D eigenvalue weighted by atomic mass is 10.1. The van der Waals surface area contributed by atoms with Crippen molar-refractivity contribution >= 4 is 11.9 Å². The molecule has 0 saturated carbocycles. The Kier molecular flexibility index (Phi) is 3.91. The Morgan fingerprint density at radius 3 is 2.71 bits per heavy atom. The molecule has 1 atom stereocenters. The summed E-state index contributed by atoms with van der Waals surface area (Å²) in [5.41, 5.74) is 0.874. The summed E-state index contributed by atoms with van der Waals surface area (Å²) in [5.74, 6) is 0.261. The maximum absolute atomic E-state index is 11.6. The van der Waals surface area contributed by atoms with Crippen molar-refractivity contribution in [2.24, 2.45) is 4.99 Å². The van der Waals surface area contributed by atoms with E-state index < -0.39 is 0 Å². The van der Waals surface area contributed by atoms with Gasteiger partial charge in [0.2, 0.25) is 5.90 Å². The maximum atomic E-state index is 11.6. The van der Waals surface area contributed by atoms with E-state index in [0.717, 1.165) is 31.2 Å². The number of ether oxygens (including phenoxy) is 1. The summed E-state index contributed by atoms with van der Waals surface area (Å²) >= 11 is 0. The molecular weight excluding hydrogens is 214 g/mol. The van der Waals surface area contributed by atoms with Crippen molar-refractivity contribution in [2.75, 3.05) is 0 Å². The van der Waals surface area contributed by atoms with Gasteiger partial charge in [0.25, 0.3) is 0 Å². The normalized spacial score (nSPS) is 19.0. The summed E-state index contributed by atoms with van der Waals surface area (Å²) in [6.07, 6.45) is 4.11. The molecule has 0 fully saturated rings. The molecule has 0 amide bonds. The van der Waals surface area contributed by atoms with Crippen LogP contribution in [0.1, 0.15) is 38.2 Å². The maximum Gasteiger partial charge on any atom is 0.337 e. The molecule has 2 rings (SSSR count). The third-order valence-corrected chi connectivity index (χ3v) is 2.84. The van der Waals surface area contributed by atoms with Gasteiger partial charge in [-0.05, 0) is 18.6 Å². The molecule has 0 aromatic heterocycles. The number of aliphatic imine (C=N–C) groups is 1. The molecule has 17 heavy (non-hydrogen) atoms. The van der Waals surface area contributed by atoms with Crippen LogP contribution >= 0.6 is 0 Å². The van der Waals surface area contributed by atoms with Crippen LogP contribution in [-0.4, -0.2) is 17.9 Å². The van der Waals surface area contributed by atoms with E-state index in [1.165, 1.54) is 0 Å². The third-order valence-electron chi connectivity index (χ3n) is 2.84.